The SMILES string of the molecule is CCc1ccc(C(C)NC(=O)C(=O)Nc2ccc([N+](=O)[O-])cc2)cc1. The lowest BCUT2D eigenvalue weighted by Crippen LogP contribution is -2.36. The molecule has 2 aromatic rings. The molecule has 0 aliphatic heterocycles. The Kier molecular flexibility index (Phi) is 5.84. The fourth-order valence-electron chi connectivity index (χ4n) is 2.24. The van der Waals surface area contributed by atoms with Gasteiger partial charge in [-0.25, -0.2) is 0 Å². The first-order chi connectivity index (χ1) is 11.9. The van der Waals surface area contributed by atoms with Crippen LogP contribution in [0.3, 0.4) is 0 Å². The molecule has 2 rings (SSSR count). The molecule has 2 N–H and O–H groups in total. The molecule has 0 bridgehead atoms. The fraction of sp³-hybridized carbons (Fsp3) is 0.222. The Bertz CT molecular complexity index is 770. The number of anilines is 1. The summed E-state index contributed by atoms with van der Waals surface area (Å²) >= 11 is 0. The Morgan fingerprint density at radius 1 is 1.04 bits per heavy atom. The van der Waals surface area contributed by atoms with Crippen molar-refractivity contribution in [3.05, 3.63) is 69.8 Å². The first-order valence-electron chi connectivity index (χ1n) is 7.86. The molecule has 7 nitrogen and oxygen atoms in total. The van der Waals surface area contributed by atoms with Crippen molar-refractivity contribution < 1.29 is 14.5 Å². The molecule has 0 aromatic heterocycles. The molecule has 7 heteroatoms. The van der Waals surface area contributed by atoms with E-state index in [1.54, 1.807) is 6.92 Å². The van der Waals surface area contributed by atoms with E-state index in [4.69, 9.17) is 0 Å². The number of amides is 2. The van der Waals surface area contributed by atoms with Crippen LogP contribution in [-0.4, -0.2) is 16.7 Å². The lowest BCUT2D eigenvalue weighted by molar-refractivity contribution is -0.384. The Balaban J connectivity index is 1.94. The van der Waals surface area contributed by atoms with Gasteiger partial charge in [0.2, 0.25) is 0 Å². The minimum absolute atomic E-state index is 0.0911. The average molecular weight is 341 g/mol. The Morgan fingerprint density at radius 3 is 2.16 bits per heavy atom. The van der Waals surface area contributed by atoms with Gasteiger partial charge in [-0.2, -0.15) is 0 Å². The van der Waals surface area contributed by atoms with Gasteiger partial charge >= 0.3 is 11.8 Å². The lowest BCUT2D eigenvalue weighted by atomic mass is 10.1. The van der Waals surface area contributed by atoms with Gasteiger partial charge in [-0.3, -0.25) is 19.7 Å². The second kappa shape index (κ2) is 8.05. The Labute approximate surface area is 145 Å². The molecule has 0 saturated heterocycles. The predicted octanol–water partition coefficient (Wildman–Crippen LogP) is 2.97. The zero-order valence-corrected chi connectivity index (χ0v) is 14.0. The minimum atomic E-state index is -0.828. The highest BCUT2D eigenvalue weighted by Gasteiger charge is 2.17. The monoisotopic (exact) mass is 341 g/mol. The lowest BCUT2D eigenvalue weighted by Gasteiger charge is -2.14. The number of carbonyl (C=O) groups is 2. The van der Waals surface area contributed by atoms with Crippen molar-refractivity contribution in [2.75, 3.05) is 5.32 Å². The van der Waals surface area contributed by atoms with Crippen LogP contribution in [0.25, 0.3) is 0 Å². The Hall–Kier alpha value is -3.22. The molecule has 130 valence electrons. The normalized spacial score (nSPS) is 11.4. The zero-order valence-electron chi connectivity index (χ0n) is 14.0. The zero-order chi connectivity index (χ0) is 18.4. The number of rotatable bonds is 5. The summed E-state index contributed by atoms with van der Waals surface area (Å²) in [6.45, 7) is 3.85. The van der Waals surface area contributed by atoms with Crippen molar-refractivity contribution in [1.82, 2.24) is 5.32 Å². The van der Waals surface area contributed by atoms with Gasteiger partial charge in [0.15, 0.2) is 0 Å². The van der Waals surface area contributed by atoms with E-state index in [0.29, 0.717) is 5.69 Å². The molecule has 0 aliphatic carbocycles. The van der Waals surface area contributed by atoms with Crippen LogP contribution in [0.15, 0.2) is 48.5 Å². The summed E-state index contributed by atoms with van der Waals surface area (Å²) < 4.78 is 0. The summed E-state index contributed by atoms with van der Waals surface area (Å²) in [5.74, 6) is -1.60. The number of nitro benzene ring substituents is 1. The number of hydrogen-bond acceptors (Lipinski definition) is 4. The molecule has 0 aliphatic rings. The molecule has 2 amide bonds. The number of hydrogen-bond donors (Lipinski definition) is 2. The highest BCUT2D eigenvalue weighted by Crippen LogP contribution is 2.16. The first kappa shape index (κ1) is 18.1. The van der Waals surface area contributed by atoms with E-state index in [0.717, 1.165) is 12.0 Å². The van der Waals surface area contributed by atoms with Crippen LogP contribution in [0.1, 0.15) is 31.0 Å². The number of nitrogens with one attached hydrogen (secondary N) is 2. The van der Waals surface area contributed by atoms with E-state index in [1.165, 1.54) is 29.8 Å². The Morgan fingerprint density at radius 2 is 1.64 bits per heavy atom. The largest absolute Gasteiger partial charge is 0.341 e. The highest BCUT2D eigenvalue weighted by atomic mass is 16.6. The topological polar surface area (TPSA) is 101 Å². The van der Waals surface area contributed by atoms with Crippen LogP contribution in [0.5, 0.6) is 0 Å². The third kappa shape index (κ3) is 4.87. The first-order valence-corrected chi connectivity index (χ1v) is 7.86. The summed E-state index contributed by atoms with van der Waals surface area (Å²) in [6, 6.07) is 12.7. The van der Waals surface area contributed by atoms with Crippen LogP contribution in [0.4, 0.5) is 11.4 Å². The van der Waals surface area contributed by atoms with Gasteiger partial charge < -0.3 is 10.6 Å². The number of benzene rings is 2. The van der Waals surface area contributed by atoms with Gasteiger partial charge in [-0.05, 0) is 36.6 Å². The van der Waals surface area contributed by atoms with Crippen LogP contribution in [-0.2, 0) is 16.0 Å². The highest BCUT2D eigenvalue weighted by molar-refractivity contribution is 6.39. The standard InChI is InChI=1S/C18H19N3O4/c1-3-13-4-6-14(7-5-13)12(2)19-17(22)18(23)20-15-8-10-16(11-9-15)21(24)25/h4-12H,3H2,1-2H3,(H,19,22)(H,20,23). The summed E-state index contributed by atoms with van der Waals surface area (Å²) in [5.41, 5.74) is 2.31. The maximum absolute atomic E-state index is 12.0. The van der Waals surface area contributed by atoms with Gasteiger partial charge in [-0.15, -0.1) is 0 Å². The van der Waals surface area contributed by atoms with Crippen molar-refractivity contribution in [3.8, 4) is 0 Å². The van der Waals surface area contributed by atoms with Gasteiger partial charge in [0.05, 0.1) is 11.0 Å². The van der Waals surface area contributed by atoms with Crippen LogP contribution in [0.2, 0.25) is 0 Å². The van der Waals surface area contributed by atoms with E-state index < -0.39 is 16.7 Å². The summed E-state index contributed by atoms with van der Waals surface area (Å²) in [5, 5.41) is 15.6. The van der Waals surface area contributed by atoms with Crippen molar-refractivity contribution in [2.24, 2.45) is 0 Å². The molecule has 0 saturated carbocycles. The maximum atomic E-state index is 12.0. The molecule has 1 unspecified atom stereocenters. The smallest absolute Gasteiger partial charge is 0.313 e. The van der Waals surface area contributed by atoms with E-state index in [2.05, 4.69) is 17.6 Å². The van der Waals surface area contributed by atoms with E-state index >= 15 is 0 Å². The minimum Gasteiger partial charge on any atom is -0.341 e. The van der Waals surface area contributed by atoms with Gasteiger partial charge in [0, 0.05) is 17.8 Å². The number of carbonyl (C=O) groups excluding carboxylic acids is 2. The number of nitro groups is 1. The van der Waals surface area contributed by atoms with Gasteiger partial charge in [-0.1, -0.05) is 31.2 Å². The molecule has 1 atom stereocenters. The molecular weight excluding hydrogens is 322 g/mol. The molecule has 2 aromatic carbocycles. The quantitative estimate of drug-likeness (QED) is 0.496. The second-order valence-corrected chi connectivity index (χ2v) is 5.55. The van der Waals surface area contributed by atoms with Crippen LogP contribution in [0, 0.1) is 10.1 Å². The average Bonchev–Trinajstić information content (AvgIpc) is 2.62. The summed E-state index contributed by atoms with van der Waals surface area (Å²) in [7, 11) is 0. The summed E-state index contributed by atoms with van der Waals surface area (Å²) in [4.78, 5) is 34.0. The summed E-state index contributed by atoms with van der Waals surface area (Å²) in [6.07, 6.45) is 0.929. The number of nitrogens with zero attached hydrogens (tertiary/aromatic N) is 1. The van der Waals surface area contributed by atoms with Gasteiger partial charge in [0.1, 0.15) is 0 Å². The maximum Gasteiger partial charge on any atom is 0.313 e. The molecule has 0 fully saturated rings. The van der Waals surface area contributed by atoms with E-state index in [9.17, 15) is 19.7 Å². The predicted molar refractivity (Wildman–Crippen MR) is 94.1 cm³/mol. The van der Waals surface area contributed by atoms with E-state index in [1.807, 2.05) is 24.3 Å². The third-order valence-electron chi connectivity index (χ3n) is 3.78. The molecule has 0 radical (unpaired) electrons. The van der Waals surface area contributed by atoms with Crippen LogP contribution >= 0.6 is 0 Å². The van der Waals surface area contributed by atoms with Crippen molar-refractivity contribution in [2.45, 2.75) is 26.3 Å². The molecule has 0 spiro atoms. The third-order valence-corrected chi connectivity index (χ3v) is 3.78. The van der Waals surface area contributed by atoms with Crippen LogP contribution < -0.4 is 10.6 Å². The van der Waals surface area contributed by atoms with Gasteiger partial charge in [0.25, 0.3) is 5.69 Å². The second-order valence-electron chi connectivity index (χ2n) is 5.55. The van der Waals surface area contributed by atoms with Crippen molar-refractivity contribution >= 4 is 23.2 Å². The molecule has 25 heavy (non-hydrogen) atoms. The van der Waals surface area contributed by atoms with Crippen molar-refractivity contribution in [1.29, 1.82) is 0 Å². The number of aryl methyl sites for hydroxylation is 1. The molecular formula is C18H19N3O4. The fourth-order valence-corrected chi connectivity index (χ4v) is 2.24. The molecule has 0 heterocycles. The van der Waals surface area contributed by atoms with Crippen molar-refractivity contribution in [3.63, 3.8) is 0 Å². The van der Waals surface area contributed by atoms with E-state index in [-0.39, 0.29) is 11.7 Å². The number of non-ortho nitro benzene ring substituents is 1.